The number of nitrogens with zero attached hydrogens (tertiary/aromatic N) is 1. The van der Waals surface area contributed by atoms with Crippen molar-refractivity contribution in [3.63, 3.8) is 0 Å². The zero-order chi connectivity index (χ0) is 6.48. The molecule has 0 aromatic heterocycles. The molecular formula is C7H10ClN. The van der Waals surface area contributed by atoms with Crippen LogP contribution in [-0.4, -0.2) is 17.1 Å². The van der Waals surface area contributed by atoms with Crippen molar-refractivity contribution in [1.29, 1.82) is 0 Å². The van der Waals surface area contributed by atoms with Crippen molar-refractivity contribution < 1.29 is 0 Å². The summed E-state index contributed by atoms with van der Waals surface area (Å²) in [6.07, 6.45) is 4.33. The monoisotopic (exact) mass is 143 g/mol. The van der Waals surface area contributed by atoms with Gasteiger partial charge in [-0.25, -0.2) is 0 Å². The molecule has 0 spiro atoms. The Hall–Kier alpha value is -0.0400. The molecule has 1 aliphatic carbocycles. The minimum absolute atomic E-state index is 0.108. The van der Waals surface area contributed by atoms with E-state index < -0.39 is 0 Å². The van der Waals surface area contributed by atoms with Gasteiger partial charge in [0.15, 0.2) is 0 Å². The largest absolute Gasteiger partial charge is 0.286 e. The van der Waals surface area contributed by atoms with Crippen LogP contribution in [0.4, 0.5) is 0 Å². The molecule has 0 N–H and O–H groups in total. The fraction of sp³-hybridized carbons (Fsp3) is 0.857. The van der Waals surface area contributed by atoms with Crippen LogP contribution in [0.1, 0.15) is 19.8 Å². The van der Waals surface area contributed by atoms with Crippen molar-refractivity contribution in [2.75, 3.05) is 0 Å². The van der Waals surface area contributed by atoms with Gasteiger partial charge in [0, 0.05) is 11.1 Å². The summed E-state index contributed by atoms with van der Waals surface area (Å²) in [6, 6.07) is 0.580. The number of halogens is 1. The number of aliphatic imine (C=N–C) groups is 1. The summed E-state index contributed by atoms with van der Waals surface area (Å²) < 4.78 is 0. The van der Waals surface area contributed by atoms with E-state index in [1.54, 1.807) is 0 Å². The molecule has 1 saturated carbocycles. The topological polar surface area (TPSA) is 12.4 Å². The first kappa shape index (κ1) is 5.72. The predicted molar refractivity (Wildman–Crippen MR) is 39.3 cm³/mol. The lowest BCUT2D eigenvalue weighted by molar-refractivity contribution is 0.242. The molecule has 2 aliphatic rings. The maximum absolute atomic E-state index is 6.02. The third-order valence-corrected chi connectivity index (χ3v) is 2.49. The van der Waals surface area contributed by atoms with Gasteiger partial charge in [-0.05, 0) is 25.7 Å². The Labute approximate surface area is 60.1 Å². The molecule has 1 heterocycles. The van der Waals surface area contributed by atoms with Gasteiger partial charge in [0.2, 0.25) is 0 Å². The van der Waals surface area contributed by atoms with Crippen molar-refractivity contribution in [2.45, 2.75) is 30.7 Å². The molecule has 0 saturated heterocycles. The highest BCUT2D eigenvalue weighted by atomic mass is 35.5. The van der Waals surface area contributed by atoms with Gasteiger partial charge in [0.1, 0.15) is 0 Å². The van der Waals surface area contributed by atoms with Gasteiger partial charge in [0.05, 0.1) is 6.04 Å². The zero-order valence-electron chi connectivity index (χ0n) is 5.47. The molecule has 1 fully saturated rings. The SMILES string of the molecule is CC1(Cl)CC(C2C=N2)C1. The Balaban J connectivity index is 1.83. The van der Waals surface area contributed by atoms with Crippen LogP contribution in [0.25, 0.3) is 0 Å². The van der Waals surface area contributed by atoms with Gasteiger partial charge in [-0.2, -0.15) is 0 Å². The Morgan fingerprint density at radius 1 is 1.67 bits per heavy atom. The smallest absolute Gasteiger partial charge is 0.0872 e. The molecule has 1 atom stereocenters. The van der Waals surface area contributed by atoms with E-state index in [0.29, 0.717) is 6.04 Å². The number of hydrogen-bond donors (Lipinski definition) is 0. The molecule has 0 aromatic rings. The normalized spacial score (nSPS) is 54.9. The average molecular weight is 144 g/mol. The van der Waals surface area contributed by atoms with Gasteiger partial charge < -0.3 is 0 Å². The van der Waals surface area contributed by atoms with Crippen LogP contribution in [0.15, 0.2) is 4.99 Å². The summed E-state index contributed by atoms with van der Waals surface area (Å²) in [5.74, 6) is 0.785. The van der Waals surface area contributed by atoms with Crippen molar-refractivity contribution >= 4 is 17.8 Å². The third kappa shape index (κ3) is 0.983. The van der Waals surface area contributed by atoms with Crippen LogP contribution in [0.2, 0.25) is 0 Å². The summed E-state index contributed by atoms with van der Waals surface area (Å²) in [4.78, 5) is 4.21. The van der Waals surface area contributed by atoms with Gasteiger partial charge in [-0.15, -0.1) is 11.6 Å². The van der Waals surface area contributed by atoms with Gasteiger partial charge >= 0.3 is 0 Å². The van der Waals surface area contributed by atoms with Gasteiger partial charge in [-0.3, -0.25) is 4.99 Å². The molecule has 0 bridgehead atoms. The van der Waals surface area contributed by atoms with Crippen LogP contribution < -0.4 is 0 Å². The molecule has 1 nitrogen and oxygen atoms in total. The average Bonchev–Trinajstić information content (AvgIpc) is 2.37. The first-order chi connectivity index (χ1) is 4.17. The number of rotatable bonds is 1. The maximum Gasteiger partial charge on any atom is 0.0872 e. The molecule has 2 heteroatoms. The van der Waals surface area contributed by atoms with Crippen molar-refractivity contribution in [1.82, 2.24) is 0 Å². The second kappa shape index (κ2) is 1.51. The molecule has 0 amide bonds. The van der Waals surface area contributed by atoms with Crippen LogP contribution >= 0.6 is 11.6 Å². The number of alkyl halides is 1. The van der Waals surface area contributed by atoms with E-state index in [-0.39, 0.29) is 4.87 Å². The Kier molecular flexibility index (Phi) is 0.963. The van der Waals surface area contributed by atoms with Crippen molar-refractivity contribution in [3.8, 4) is 0 Å². The second-order valence-corrected chi connectivity index (χ2v) is 4.28. The third-order valence-electron chi connectivity index (χ3n) is 2.18. The predicted octanol–water partition coefficient (Wildman–Crippen LogP) is 1.85. The van der Waals surface area contributed by atoms with E-state index in [1.165, 1.54) is 0 Å². The standard InChI is InChI=1S/C7H10ClN/c1-7(8)2-5(3-7)6-4-9-6/h4-6H,2-3H2,1H3. The fourth-order valence-electron chi connectivity index (χ4n) is 1.57. The van der Waals surface area contributed by atoms with Crippen molar-refractivity contribution in [3.05, 3.63) is 0 Å². The molecule has 9 heavy (non-hydrogen) atoms. The van der Waals surface area contributed by atoms with Gasteiger partial charge in [0.25, 0.3) is 0 Å². The van der Waals surface area contributed by atoms with Crippen LogP contribution in [0.5, 0.6) is 0 Å². The quantitative estimate of drug-likeness (QED) is 0.497. The van der Waals surface area contributed by atoms with Crippen molar-refractivity contribution in [2.24, 2.45) is 10.9 Å². The minimum Gasteiger partial charge on any atom is -0.286 e. The molecule has 1 unspecified atom stereocenters. The van der Waals surface area contributed by atoms with E-state index in [2.05, 4.69) is 11.9 Å². The lowest BCUT2D eigenvalue weighted by atomic mass is 9.73. The summed E-state index contributed by atoms with van der Waals surface area (Å²) in [5, 5.41) is 0. The summed E-state index contributed by atoms with van der Waals surface area (Å²) in [6.45, 7) is 2.10. The highest BCUT2D eigenvalue weighted by Crippen LogP contribution is 2.46. The lowest BCUT2D eigenvalue weighted by Gasteiger charge is -2.39. The first-order valence-corrected chi connectivity index (χ1v) is 3.77. The van der Waals surface area contributed by atoms with Crippen LogP contribution in [0.3, 0.4) is 0 Å². The second-order valence-electron chi connectivity index (χ2n) is 3.37. The van der Waals surface area contributed by atoms with E-state index in [9.17, 15) is 0 Å². The fourth-order valence-corrected chi connectivity index (χ4v) is 1.96. The van der Waals surface area contributed by atoms with Gasteiger partial charge in [-0.1, -0.05) is 0 Å². The lowest BCUT2D eigenvalue weighted by Crippen LogP contribution is -2.38. The van der Waals surface area contributed by atoms with E-state index in [4.69, 9.17) is 11.6 Å². The summed E-state index contributed by atoms with van der Waals surface area (Å²) >= 11 is 6.02. The highest BCUT2D eigenvalue weighted by molar-refractivity contribution is 6.24. The van der Waals surface area contributed by atoms with E-state index in [0.717, 1.165) is 18.8 Å². The Morgan fingerprint density at radius 3 is 2.56 bits per heavy atom. The molecule has 0 radical (unpaired) electrons. The Bertz CT molecular complexity index is 148. The summed E-state index contributed by atoms with van der Waals surface area (Å²) in [7, 11) is 0. The van der Waals surface area contributed by atoms with E-state index >= 15 is 0 Å². The molecular weight excluding hydrogens is 134 g/mol. The minimum atomic E-state index is 0.108. The molecule has 50 valence electrons. The molecule has 1 aliphatic heterocycles. The number of hydrogen-bond acceptors (Lipinski definition) is 1. The highest BCUT2D eigenvalue weighted by Gasteiger charge is 2.44. The zero-order valence-corrected chi connectivity index (χ0v) is 6.23. The maximum atomic E-state index is 6.02. The first-order valence-electron chi connectivity index (χ1n) is 3.40. The molecule has 0 aromatic carbocycles. The summed E-state index contributed by atoms with van der Waals surface area (Å²) in [5.41, 5.74) is 0. The van der Waals surface area contributed by atoms with Crippen LogP contribution in [0, 0.1) is 5.92 Å². The van der Waals surface area contributed by atoms with E-state index in [1.807, 2.05) is 6.21 Å². The Morgan fingerprint density at radius 2 is 2.22 bits per heavy atom. The molecule has 2 rings (SSSR count). The van der Waals surface area contributed by atoms with Crippen LogP contribution in [-0.2, 0) is 0 Å².